The van der Waals surface area contributed by atoms with Gasteiger partial charge < -0.3 is 15.1 Å². The van der Waals surface area contributed by atoms with Crippen LogP contribution in [-0.2, 0) is 13.0 Å². The van der Waals surface area contributed by atoms with E-state index >= 15 is 0 Å². The molecule has 0 bridgehead atoms. The van der Waals surface area contributed by atoms with E-state index in [1.807, 2.05) is 24.5 Å². The summed E-state index contributed by atoms with van der Waals surface area (Å²) >= 11 is 1.76. The van der Waals surface area contributed by atoms with Crippen LogP contribution in [0.4, 0.5) is 5.82 Å². The van der Waals surface area contributed by atoms with Crippen LogP contribution in [0.25, 0.3) is 0 Å². The fraction of sp³-hybridized carbons (Fsp3) is 0.500. The number of hydrogen-bond acceptors (Lipinski definition) is 5. The van der Waals surface area contributed by atoms with Crippen LogP contribution in [0.5, 0.6) is 0 Å². The number of aryl methyl sites for hydroxylation is 1. The lowest BCUT2D eigenvalue weighted by Crippen LogP contribution is -2.52. The molecule has 0 radical (unpaired) electrons. The Morgan fingerprint density at radius 1 is 1.19 bits per heavy atom. The summed E-state index contributed by atoms with van der Waals surface area (Å²) in [6.07, 6.45) is 4.86. The molecule has 8 heteroatoms. The van der Waals surface area contributed by atoms with Crippen LogP contribution in [0, 0.1) is 0 Å². The van der Waals surface area contributed by atoms with Crippen molar-refractivity contribution in [1.29, 1.82) is 0 Å². The normalized spacial score (nSPS) is 14.9. The van der Waals surface area contributed by atoms with Crippen LogP contribution in [0.15, 0.2) is 35.6 Å². The Balaban J connectivity index is 0.00000243. The van der Waals surface area contributed by atoms with Gasteiger partial charge in [-0.25, -0.2) is 15.0 Å². The second-order valence-corrected chi connectivity index (χ2v) is 7.11. The summed E-state index contributed by atoms with van der Waals surface area (Å²) in [6, 6.07) is 6.07. The highest BCUT2D eigenvalue weighted by Gasteiger charge is 2.20. The molecule has 0 saturated carbocycles. The number of piperazine rings is 1. The fourth-order valence-corrected chi connectivity index (χ4v) is 3.63. The smallest absolute Gasteiger partial charge is 0.194 e. The molecule has 2 aromatic rings. The fourth-order valence-electron chi connectivity index (χ4n) is 2.84. The highest BCUT2D eigenvalue weighted by Crippen LogP contribution is 2.15. The first kappa shape index (κ1) is 20.9. The largest absolute Gasteiger partial charge is 0.357 e. The van der Waals surface area contributed by atoms with E-state index in [4.69, 9.17) is 4.99 Å². The Bertz CT molecular complexity index is 682. The number of hydrogen-bond donors (Lipinski definition) is 1. The Morgan fingerprint density at radius 2 is 2.00 bits per heavy atom. The summed E-state index contributed by atoms with van der Waals surface area (Å²) in [7, 11) is 0. The number of nitrogens with one attached hydrogen (secondary N) is 1. The van der Waals surface area contributed by atoms with Gasteiger partial charge in [0.05, 0.1) is 6.54 Å². The third-order valence-corrected chi connectivity index (χ3v) is 5.33. The van der Waals surface area contributed by atoms with Crippen LogP contribution in [0.2, 0.25) is 0 Å². The highest BCUT2D eigenvalue weighted by atomic mass is 127. The predicted molar refractivity (Wildman–Crippen MR) is 120 cm³/mol. The SMILES string of the molecule is CCNC(=NCc1ncc(CC)s1)N1CCN(c2ccccn2)CC1.I. The molecule has 6 nitrogen and oxygen atoms in total. The van der Waals surface area contributed by atoms with Gasteiger partial charge in [0.1, 0.15) is 10.8 Å². The second-order valence-electron chi connectivity index (χ2n) is 5.91. The van der Waals surface area contributed by atoms with Gasteiger partial charge in [-0.1, -0.05) is 13.0 Å². The number of anilines is 1. The van der Waals surface area contributed by atoms with Crippen molar-refractivity contribution in [3.05, 3.63) is 40.5 Å². The molecule has 2 aromatic heterocycles. The molecule has 0 aromatic carbocycles. The lowest BCUT2D eigenvalue weighted by molar-refractivity contribution is 0.371. The molecule has 0 aliphatic carbocycles. The van der Waals surface area contributed by atoms with Gasteiger partial charge in [-0.2, -0.15) is 0 Å². The van der Waals surface area contributed by atoms with Crippen molar-refractivity contribution in [3.63, 3.8) is 0 Å². The van der Waals surface area contributed by atoms with Gasteiger partial charge in [0.2, 0.25) is 0 Å². The molecule has 142 valence electrons. The van der Waals surface area contributed by atoms with Gasteiger partial charge >= 0.3 is 0 Å². The van der Waals surface area contributed by atoms with E-state index in [0.717, 1.165) is 55.9 Å². The summed E-state index contributed by atoms with van der Waals surface area (Å²) in [5.41, 5.74) is 0. The number of aromatic nitrogens is 2. The molecule has 1 aliphatic rings. The average molecular weight is 486 g/mol. The molecular weight excluding hydrogens is 459 g/mol. The standard InChI is InChI=1S/C18H26N6S.HI/c1-3-15-13-21-17(25-15)14-22-18(19-4-2)24-11-9-23(10-12-24)16-7-5-6-8-20-16;/h5-8,13H,3-4,9-12,14H2,1-2H3,(H,19,22);1H. The van der Waals surface area contributed by atoms with Crippen LogP contribution >= 0.6 is 35.3 Å². The predicted octanol–water partition coefficient (Wildman–Crippen LogP) is 3.01. The average Bonchev–Trinajstić information content (AvgIpc) is 3.14. The van der Waals surface area contributed by atoms with Crippen molar-refractivity contribution in [2.24, 2.45) is 4.99 Å². The first-order chi connectivity index (χ1) is 12.3. The molecule has 0 atom stereocenters. The van der Waals surface area contributed by atoms with Crippen molar-refractivity contribution >= 4 is 47.1 Å². The summed E-state index contributed by atoms with van der Waals surface area (Å²) in [4.78, 5) is 19.7. The third kappa shape index (κ3) is 5.54. The monoisotopic (exact) mass is 486 g/mol. The van der Waals surface area contributed by atoms with Gasteiger partial charge in [0.25, 0.3) is 0 Å². The molecule has 1 N–H and O–H groups in total. The van der Waals surface area contributed by atoms with E-state index in [1.54, 1.807) is 11.3 Å². The molecular formula is C18H27IN6S. The highest BCUT2D eigenvalue weighted by molar-refractivity contribution is 14.0. The zero-order chi connectivity index (χ0) is 17.5. The maximum absolute atomic E-state index is 4.80. The molecule has 1 fully saturated rings. The Kier molecular flexibility index (Phi) is 8.56. The molecule has 3 heterocycles. The van der Waals surface area contributed by atoms with E-state index in [2.05, 4.69) is 45.0 Å². The lowest BCUT2D eigenvalue weighted by atomic mass is 10.3. The maximum Gasteiger partial charge on any atom is 0.194 e. The quantitative estimate of drug-likeness (QED) is 0.400. The summed E-state index contributed by atoms with van der Waals surface area (Å²) in [6.45, 7) is 9.59. The van der Waals surface area contributed by atoms with Crippen LogP contribution in [-0.4, -0.2) is 53.6 Å². The molecule has 0 unspecified atom stereocenters. The van der Waals surface area contributed by atoms with Crippen molar-refractivity contribution in [1.82, 2.24) is 20.2 Å². The number of pyridine rings is 1. The number of nitrogens with zero attached hydrogens (tertiary/aromatic N) is 5. The summed E-state index contributed by atoms with van der Waals surface area (Å²) < 4.78 is 0. The van der Waals surface area contributed by atoms with E-state index in [1.165, 1.54) is 4.88 Å². The van der Waals surface area contributed by atoms with Gasteiger partial charge in [0.15, 0.2) is 5.96 Å². The molecule has 1 saturated heterocycles. The van der Waals surface area contributed by atoms with Crippen molar-refractivity contribution < 1.29 is 0 Å². The minimum absolute atomic E-state index is 0. The summed E-state index contributed by atoms with van der Waals surface area (Å²) in [5, 5.41) is 4.50. The van der Waals surface area contributed by atoms with E-state index in [9.17, 15) is 0 Å². The first-order valence-electron chi connectivity index (χ1n) is 8.93. The van der Waals surface area contributed by atoms with Gasteiger partial charge in [-0.05, 0) is 25.5 Å². The van der Waals surface area contributed by atoms with E-state index in [-0.39, 0.29) is 24.0 Å². The molecule has 3 rings (SSSR count). The van der Waals surface area contributed by atoms with Crippen LogP contribution in [0.3, 0.4) is 0 Å². The van der Waals surface area contributed by atoms with Crippen molar-refractivity contribution in [2.75, 3.05) is 37.6 Å². The third-order valence-electron chi connectivity index (χ3n) is 4.20. The van der Waals surface area contributed by atoms with Gasteiger partial charge in [-0.3, -0.25) is 0 Å². The van der Waals surface area contributed by atoms with Crippen molar-refractivity contribution in [2.45, 2.75) is 26.8 Å². The lowest BCUT2D eigenvalue weighted by Gasteiger charge is -2.37. The first-order valence-corrected chi connectivity index (χ1v) is 9.74. The van der Waals surface area contributed by atoms with Crippen molar-refractivity contribution in [3.8, 4) is 0 Å². The number of guanidine groups is 1. The number of thiazole rings is 1. The van der Waals surface area contributed by atoms with Crippen LogP contribution < -0.4 is 10.2 Å². The van der Waals surface area contributed by atoms with Crippen LogP contribution in [0.1, 0.15) is 23.7 Å². The molecule has 26 heavy (non-hydrogen) atoms. The van der Waals surface area contributed by atoms with Gasteiger partial charge in [0, 0.05) is 50.0 Å². The molecule has 1 aliphatic heterocycles. The molecule has 0 spiro atoms. The summed E-state index contributed by atoms with van der Waals surface area (Å²) in [5.74, 6) is 2.04. The maximum atomic E-state index is 4.80. The van der Waals surface area contributed by atoms with E-state index in [0.29, 0.717) is 6.54 Å². The Hall–Kier alpha value is -1.42. The second kappa shape index (κ2) is 10.7. The number of halogens is 1. The van der Waals surface area contributed by atoms with E-state index < -0.39 is 0 Å². The number of aliphatic imine (C=N–C) groups is 1. The zero-order valence-electron chi connectivity index (χ0n) is 15.4. The Morgan fingerprint density at radius 3 is 2.62 bits per heavy atom. The Labute approximate surface area is 176 Å². The minimum Gasteiger partial charge on any atom is -0.357 e. The zero-order valence-corrected chi connectivity index (χ0v) is 18.5. The van der Waals surface area contributed by atoms with Gasteiger partial charge in [-0.15, -0.1) is 35.3 Å². The topological polar surface area (TPSA) is 56.7 Å². The molecule has 0 amide bonds. The number of rotatable bonds is 5. The minimum atomic E-state index is 0.